The van der Waals surface area contributed by atoms with Crippen molar-refractivity contribution in [1.82, 2.24) is 0 Å². The molecule has 0 spiro atoms. The molecular weight excluding hydrogens is 418 g/mol. The summed E-state index contributed by atoms with van der Waals surface area (Å²) in [6.45, 7) is 8.08. The van der Waals surface area contributed by atoms with E-state index in [1.165, 1.54) is 121 Å². The lowest BCUT2D eigenvalue weighted by Gasteiger charge is -2.04. The van der Waals surface area contributed by atoms with Gasteiger partial charge >= 0.3 is 0 Å². The van der Waals surface area contributed by atoms with E-state index in [4.69, 9.17) is 10.2 Å². The van der Waals surface area contributed by atoms with Crippen LogP contribution < -0.4 is 11.5 Å². The molecule has 1 amide bonds. The van der Waals surface area contributed by atoms with Crippen molar-refractivity contribution in [3.05, 3.63) is 35.4 Å². The van der Waals surface area contributed by atoms with Gasteiger partial charge in [0.1, 0.15) is 0 Å². The first kappa shape index (κ1) is 36.9. The highest BCUT2D eigenvalue weighted by molar-refractivity contribution is 5.78. The number of amides is 1. The number of nitrogens with two attached hydrogens (primary N) is 2. The van der Waals surface area contributed by atoms with Crippen LogP contribution in [0.5, 0.6) is 0 Å². The quantitative estimate of drug-likeness (QED) is 0.112. The predicted molar refractivity (Wildman–Crippen MR) is 154 cm³/mol. The number of aryl methyl sites for hydroxylation is 2. The van der Waals surface area contributed by atoms with Crippen LogP contribution in [-0.2, 0) is 11.2 Å². The van der Waals surface area contributed by atoms with Gasteiger partial charge in [-0.2, -0.15) is 0 Å². The van der Waals surface area contributed by atoms with Crippen molar-refractivity contribution >= 4 is 12.1 Å². The van der Waals surface area contributed by atoms with E-state index in [0.29, 0.717) is 0 Å². The van der Waals surface area contributed by atoms with E-state index >= 15 is 0 Å². The van der Waals surface area contributed by atoms with Gasteiger partial charge in [-0.25, -0.2) is 0 Å². The fraction of sp³-hybridized carbons (Fsp3) is 0.733. The van der Waals surface area contributed by atoms with Crippen LogP contribution in [-0.4, -0.2) is 19.2 Å². The summed E-state index contributed by atoms with van der Waals surface area (Å²) in [5.41, 5.74) is 12.4. The minimum Gasteiger partial charge on any atom is -0.372 e. The molecule has 0 saturated carbocycles. The Kier molecular flexibility index (Phi) is 36.3. The first-order valence-electron chi connectivity index (χ1n) is 13.9. The molecule has 0 atom stereocenters. The highest BCUT2D eigenvalue weighted by atomic mass is 16.1. The Bertz CT molecular complexity index is 514. The Morgan fingerprint density at radius 1 is 0.706 bits per heavy atom. The second kappa shape index (κ2) is 33.5. The van der Waals surface area contributed by atoms with E-state index in [0.717, 1.165) is 12.1 Å². The van der Waals surface area contributed by atoms with Crippen molar-refractivity contribution in [2.75, 3.05) is 7.05 Å². The molecule has 0 saturated heterocycles. The summed E-state index contributed by atoms with van der Waals surface area (Å²) in [6, 6.07) is 9.04. The van der Waals surface area contributed by atoms with Crippen molar-refractivity contribution in [1.29, 1.82) is 5.41 Å². The third kappa shape index (κ3) is 32.5. The summed E-state index contributed by atoms with van der Waals surface area (Å²) in [5, 5.41) is 7.42. The number of carbonyl (C=O) groups excluding carboxylic acids is 1. The van der Waals surface area contributed by atoms with Crippen molar-refractivity contribution in [2.45, 2.75) is 137 Å². The molecule has 0 unspecified atom stereocenters. The van der Waals surface area contributed by atoms with Crippen LogP contribution in [0.15, 0.2) is 24.3 Å². The summed E-state index contributed by atoms with van der Waals surface area (Å²) < 4.78 is 0. The molecule has 0 aliphatic rings. The van der Waals surface area contributed by atoms with E-state index in [1.54, 1.807) is 0 Å². The maximum absolute atomic E-state index is 8.58. The lowest BCUT2D eigenvalue weighted by molar-refractivity contribution is -0.106. The number of rotatable bonds is 18. The van der Waals surface area contributed by atoms with E-state index in [1.807, 2.05) is 20.8 Å². The number of primary amides is 1. The highest BCUT2D eigenvalue weighted by Gasteiger charge is 1.96. The number of benzene rings is 1. The van der Waals surface area contributed by atoms with Crippen LogP contribution in [0, 0.1) is 12.3 Å². The Morgan fingerprint density at radius 2 is 1.00 bits per heavy atom. The molecule has 4 nitrogen and oxygen atoms in total. The lowest BCUT2D eigenvalue weighted by Crippen LogP contribution is -1.88. The van der Waals surface area contributed by atoms with Gasteiger partial charge in [0.15, 0.2) is 0 Å². The molecule has 4 heteroatoms. The minimum absolute atomic E-state index is 0.250. The molecule has 0 heterocycles. The molecule has 0 fully saturated rings. The predicted octanol–water partition coefficient (Wildman–Crippen LogP) is 8.52. The molecule has 34 heavy (non-hydrogen) atoms. The topological polar surface area (TPSA) is 93.0 Å². The highest BCUT2D eigenvalue weighted by Crippen LogP contribution is 2.14. The zero-order chi connectivity index (χ0) is 26.3. The van der Waals surface area contributed by atoms with Gasteiger partial charge < -0.3 is 16.9 Å². The average Bonchev–Trinajstić information content (AvgIpc) is 2.85. The van der Waals surface area contributed by atoms with Gasteiger partial charge in [-0.3, -0.25) is 4.79 Å². The Labute approximate surface area is 213 Å². The van der Waals surface area contributed by atoms with Crippen LogP contribution in [0.2, 0.25) is 0 Å². The molecule has 0 bridgehead atoms. The molecular formula is C30H59N3O. The fourth-order valence-electron chi connectivity index (χ4n) is 3.77. The number of hydrogen-bond donors (Lipinski definition) is 3. The summed E-state index contributed by atoms with van der Waals surface area (Å²) >= 11 is 0. The molecule has 0 aromatic heterocycles. The van der Waals surface area contributed by atoms with Gasteiger partial charge in [0.2, 0.25) is 6.41 Å². The average molecular weight is 478 g/mol. The smallest absolute Gasteiger partial charge is 0.204 e. The maximum atomic E-state index is 8.58. The van der Waals surface area contributed by atoms with Crippen molar-refractivity contribution < 1.29 is 4.79 Å². The second-order valence-corrected chi connectivity index (χ2v) is 8.71. The minimum atomic E-state index is 0.250. The van der Waals surface area contributed by atoms with Crippen molar-refractivity contribution in [3.8, 4) is 0 Å². The third-order valence-electron chi connectivity index (χ3n) is 5.64. The number of unbranched alkanes of at least 4 members (excludes halogenated alkanes) is 14. The molecule has 0 radical (unpaired) electrons. The van der Waals surface area contributed by atoms with E-state index in [-0.39, 0.29) is 6.41 Å². The van der Waals surface area contributed by atoms with Crippen LogP contribution in [0.1, 0.15) is 135 Å². The van der Waals surface area contributed by atoms with Crippen LogP contribution >= 0.6 is 0 Å². The molecule has 0 aliphatic carbocycles. The van der Waals surface area contributed by atoms with E-state index < -0.39 is 0 Å². The zero-order valence-electron chi connectivity index (χ0n) is 23.5. The van der Waals surface area contributed by atoms with Crippen LogP contribution in [0.4, 0.5) is 0 Å². The molecule has 1 aromatic rings. The van der Waals surface area contributed by atoms with Gasteiger partial charge in [0.25, 0.3) is 0 Å². The Morgan fingerprint density at radius 3 is 1.32 bits per heavy atom. The molecule has 1 aromatic carbocycles. The summed E-state index contributed by atoms with van der Waals surface area (Å²) in [6.07, 6.45) is 23.5. The summed E-state index contributed by atoms with van der Waals surface area (Å²) in [7, 11) is 1.50. The van der Waals surface area contributed by atoms with Gasteiger partial charge in [0, 0.05) is 5.71 Å². The Hall–Kier alpha value is -1.68. The number of carbonyl (C=O) groups is 1. The first-order chi connectivity index (χ1) is 16.6. The van der Waals surface area contributed by atoms with Crippen molar-refractivity contribution in [2.24, 2.45) is 11.5 Å². The molecule has 0 aliphatic heterocycles. The number of nitrogens with one attached hydrogen (secondary N) is 1. The fourth-order valence-corrected chi connectivity index (χ4v) is 3.77. The monoisotopic (exact) mass is 477 g/mol. The third-order valence-corrected chi connectivity index (χ3v) is 5.64. The number of hydrogen-bond acceptors (Lipinski definition) is 3. The van der Waals surface area contributed by atoms with Crippen LogP contribution in [0.25, 0.3) is 0 Å². The molecule has 200 valence electrons. The molecule has 1 rings (SSSR count). The zero-order valence-corrected chi connectivity index (χ0v) is 23.5. The van der Waals surface area contributed by atoms with Gasteiger partial charge in [-0.15, -0.1) is 0 Å². The van der Waals surface area contributed by atoms with E-state index in [2.05, 4.69) is 42.7 Å². The normalized spacial score (nSPS) is 9.47. The largest absolute Gasteiger partial charge is 0.372 e. The first-order valence-corrected chi connectivity index (χ1v) is 13.9. The lowest BCUT2D eigenvalue weighted by atomic mass is 10.0. The van der Waals surface area contributed by atoms with Crippen molar-refractivity contribution in [3.63, 3.8) is 0 Å². The van der Waals surface area contributed by atoms with Crippen LogP contribution in [0.3, 0.4) is 0 Å². The summed E-state index contributed by atoms with van der Waals surface area (Å²) in [4.78, 5) is 8.58. The van der Waals surface area contributed by atoms with Gasteiger partial charge in [0.05, 0.1) is 0 Å². The second-order valence-electron chi connectivity index (χ2n) is 8.71. The molecule has 5 N–H and O–H groups in total. The Balaban J connectivity index is -0.00000124. The maximum Gasteiger partial charge on any atom is 0.204 e. The van der Waals surface area contributed by atoms with Gasteiger partial charge in [-0.05, 0) is 52.1 Å². The van der Waals surface area contributed by atoms with Gasteiger partial charge in [-0.1, -0.05) is 127 Å². The summed E-state index contributed by atoms with van der Waals surface area (Å²) in [5.74, 6) is 0. The SMILES string of the molecule is CC.CC(=N)CCCCCCCCCCCCCCCCCc1ccc(C)cc1.CN.NC=O. The standard InChI is InChI=1S/C26H45N.C2H6.CH3NO.CH5N/c1-24-20-22-26(23-21-24)19-17-15-13-11-9-7-5-3-4-6-8-10-12-14-16-18-25(2)27;1-2;2-1-3;1-2/h20-23,27H,3-19H2,1-2H3;1-2H3;1H,(H2,2,3);2H2,1H3. The van der Waals surface area contributed by atoms with E-state index in [9.17, 15) is 0 Å².